The van der Waals surface area contributed by atoms with E-state index in [4.69, 9.17) is 15.2 Å². The summed E-state index contributed by atoms with van der Waals surface area (Å²) in [6.07, 6.45) is 5.13. The van der Waals surface area contributed by atoms with Crippen molar-refractivity contribution < 1.29 is 9.47 Å². The molecule has 0 aliphatic carbocycles. The fourth-order valence-electron chi connectivity index (χ4n) is 3.52. The summed E-state index contributed by atoms with van der Waals surface area (Å²) in [4.78, 5) is 2.59. The molecule has 2 fully saturated rings. The van der Waals surface area contributed by atoms with Gasteiger partial charge in [0.05, 0.1) is 12.7 Å². The van der Waals surface area contributed by atoms with E-state index in [2.05, 4.69) is 11.8 Å². The predicted molar refractivity (Wildman–Crippen MR) is 72.6 cm³/mol. The fraction of sp³-hybridized carbons (Fsp3) is 1.00. The van der Waals surface area contributed by atoms with Crippen LogP contribution in [0, 0.1) is 5.92 Å². The summed E-state index contributed by atoms with van der Waals surface area (Å²) in [5.41, 5.74) is 6.04. The Morgan fingerprint density at radius 1 is 1.44 bits per heavy atom. The van der Waals surface area contributed by atoms with Gasteiger partial charge in [0.1, 0.15) is 0 Å². The van der Waals surface area contributed by atoms with Crippen molar-refractivity contribution in [3.05, 3.63) is 0 Å². The van der Waals surface area contributed by atoms with Crippen molar-refractivity contribution in [2.75, 3.05) is 33.4 Å². The number of hydrogen-bond acceptors (Lipinski definition) is 4. The van der Waals surface area contributed by atoms with E-state index in [9.17, 15) is 0 Å². The van der Waals surface area contributed by atoms with E-state index in [1.54, 1.807) is 0 Å². The van der Waals surface area contributed by atoms with Gasteiger partial charge < -0.3 is 15.2 Å². The Morgan fingerprint density at radius 3 is 2.83 bits per heavy atom. The second kappa shape index (κ2) is 6.85. The lowest BCUT2D eigenvalue weighted by Crippen LogP contribution is -2.55. The molecule has 2 N–H and O–H groups in total. The van der Waals surface area contributed by atoms with Gasteiger partial charge in [-0.1, -0.05) is 0 Å². The summed E-state index contributed by atoms with van der Waals surface area (Å²) in [6, 6.07) is 1.05. The highest BCUT2D eigenvalue weighted by atomic mass is 16.5. The van der Waals surface area contributed by atoms with E-state index in [0.29, 0.717) is 24.1 Å². The number of hydrogen-bond donors (Lipinski definition) is 1. The molecule has 0 bridgehead atoms. The second-order valence-electron chi connectivity index (χ2n) is 5.75. The number of rotatable bonds is 4. The third-order valence-corrected chi connectivity index (χ3v) is 4.62. The molecule has 4 heteroatoms. The average molecular weight is 256 g/mol. The van der Waals surface area contributed by atoms with Gasteiger partial charge in [0, 0.05) is 38.9 Å². The first-order valence-electron chi connectivity index (χ1n) is 7.32. The Bertz CT molecular complexity index is 244. The normalized spacial score (nSPS) is 36.5. The molecule has 106 valence electrons. The minimum atomic E-state index is 0.428. The van der Waals surface area contributed by atoms with Crippen LogP contribution in [0.15, 0.2) is 0 Å². The Labute approximate surface area is 111 Å². The van der Waals surface area contributed by atoms with Gasteiger partial charge in [0.2, 0.25) is 0 Å². The van der Waals surface area contributed by atoms with E-state index in [0.717, 1.165) is 39.1 Å². The molecule has 0 spiro atoms. The third-order valence-electron chi connectivity index (χ3n) is 4.62. The van der Waals surface area contributed by atoms with Gasteiger partial charge in [-0.25, -0.2) is 0 Å². The molecule has 4 atom stereocenters. The van der Waals surface area contributed by atoms with Crippen LogP contribution in [-0.2, 0) is 9.47 Å². The lowest BCUT2D eigenvalue weighted by atomic mass is 9.89. The summed E-state index contributed by atoms with van der Waals surface area (Å²) in [5.74, 6) is 0.616. The largest absolute Gasteiger partial charge is 0.381 e. The molecule has 2 rings (SSSR count). The van der Waals surface area contributed by atoms with Crippen LogP contribution < -0.4 is 5.73 Å². The molecule has 0 aromatic heterocycles. The maximum atomic E-state index is 6.04. The van der Waals surface area contributed by atoms with Gasteiger partial charge in [-0.2, -0.15) is 0 Å². The van der Waals surface area contributed by atoms with E-state index in [1.165, 1.54) is 12.8 Å². The van der Waals surface area contributed by atoms with Gasteiger partial charge in [0.15, 0.2) is 0 Å². The molecule has 2 aliphatic heterocycles. The van der Waals surface area contributed by atoms with E-state index < -0.39 is 0 Å². The van der Waals surface area contributed by atoms with E-state index in [1.807, 2.05) is 7.11 Å². The molecule has 4 unspecified atom stereocenters. The molecule has 0 radical (unpaired) electrons. The molecular formula is C14H28N2O2. The molecule has 0 aromatic carbocycles. The van der Waals surface area contributed by atoms with E-state index in [-0.39, 0.29) is 0 Å². The van der Waals surface area contributed by atoms with Crippen LogP contribution in [0.5, 0.6) is 0 Å². The first kappa shape index (κ1) is 14.3. The zero-order valence-corrected chi connectivity index (χ0v) is 11.8. The second-order valence-corrected chi connectivity index (χ2v) is 5.75. The number of nitrogens with two attached hydrogens (primary N) is 1. The number of likely N-dealkylation sites (tertiary alicyclic amines) is 1. The lowest BCUT2D eigenvalue weighted by Gasteiger charge is -2.45. The van der Waals surface area contributed by atoms with Crippen molar-refractivity contribution in [3.8, 4) is 0 Å². The van der Waals surface area contributed by atoms with Gasteiger partial charge in [-0.15, -0.1) is 0 Å². The monoisotopic (exact) mass is 256 g/mol. The third kappa shape index (κ3) is 3.23. The molecular weight excluding hydrogens is 228 g/mol. The van der Waals surface area contributed by atoms with Crippen molar-refractivity contribution in [2.24, 2.45) is 11.7 Å². The molecule has 0 aromatic rings. The summed E-state index contributed by atoms with van der Waals surface area (Å²) in [7, 11) is 1.82. The predicted octanol–water partition coefficient (Wildman–Crippen LogP) is 1.24. The maximum Gasteiger partial charge on any atom is 0.0598 e. The van der Waals surface area contributed by atoms with Crippen molar-refractivity contribution in [1.29, 1.82) is 0 Å². The first-order chi connectivity index (χ1) is 8.76. The van der Waals surface area contributed by atoms with Crippen LogP contribution in [0.3, 0.4) is 0 Å². The van der Waals surface area contributed by atoms with Crippen molar-refractivity contribution in [3.63, 3.8) is 0 Å². The van der Waals surface area contributed by atoms with Crippen LogP contribution in [0.2, 0.25) is 0 Å². The minimum absolute atomic E-state index is 0.428. The zero-order chi connectivity index (χ0) is 13.0. The van der Waals surface area contributed by atoms with Crippen LogP contribution in [0.4, 0.5) is 0 Å². The van der Waals surface area contributed by atoms with Gasteiger partial charge in [0.25, 0.3) is 0 Å². The van der Waals surface area contributed by atoms with Gasteiger partial charge in [-0.3, -0.25) is 4.90 Å². The SMILES string of the molecule is COC1CCN(C(CN)C2CCCOC2)C(C)C1. The standard InChI is InChI=1S/C14H28N2O2/c1-11-8-13(17-2)5-6-16(11)14(9-15)12-4-3-7-18-10-12/h11-14H,3-10,15H2,1-2H3. The number of methoxy groups -OCH3 is 1. The van der Waals surface area contributed by atoms with Crippen molar-refractivity contribution >= 4 is 0 Å². The highest BCUT2D eigenvalue weighted by Crippen LogP contribution is 2.27. The maximum absolute atomic E-state index is 6.04. The van der Waals surface area contributed by atoms with Crippen LogP contribution >= 0.6 is 0 Å². The summed E-state index contributed by atoms with van der Waals surface area (Å²) >= 11 is 0. The number of ether oxygens (including phenoxy) is 2. The number of piperidine rings is 1. The van der Waals surface area contributed by atoms with Gasteiger partial charge >= 0.3 is 0 Å². The first-order valence-corrected chi connectivity index (χ1v) is 7.32. The molecule has 18 heavy (non-hydrogen) atoms. The Morgan fingerprint density at radius 2 is 2.28 bits per heavy atom. The zero-order valence-electron chi connectivity index (χ0n) is 11.8. The topological polar surface area (TPSA) is 47.7 Å². The fourth-order valence-corrected chi connectivity index (χ4v) is 3.52. The molecule has 2 saturated heterocycles. The van der Waals surface area contributed by atoms with Gasteiger partial charge in [-0.05, 0) is 38.5 Å². The average Bonchev–Trinajstić information content (AvgIpc) is 2.42. The Balaban J connectivity index is 1.94. The van der Waals surface area contributed by atoms with Crippen molar-refractivity contribution in [1.82, 2.24) is 4.90 Å². The van der Waals surface area contributed by atoms with Crippen LogP contribution in [-0.4, -0.2) is 56.5 Å². The quantitative estimate of drug-likeness (QED) is 0.822. The van der Waals surface area contributed by atoms with Crippen LogP contribution in [0.25, 0.3) is 0 Å². The smallest absolute Gasteiger partial charge is 0.0598 e. The molecule has 2 heterocycles. The molecule has 2 aliphatic rings. The van der Waals surface area contributed by atoms with Crippen molar-refractivity contribution in [2.45, 2.75) is 50.8 Å². The Kier molecular flexibility index (Phi) is 5.42. The molecule has 4 nitrogen and oxygen atoms in total. The minimum Gasteiger partial charge on any atom is -0.381 e. The summed E-state index contributed by atoms with van der Waals surface area (Å²) < 4.78 is 11.1. The highest BCUT2D eigenvalue weighted by molar-refractivity contribution is 4.89. The molecule has 0 saturated carbocycles. The molecule has 0 amide bonds. The van der Waals surface area contributed by atoms with E-state index >= 15 is 0 Å². The number of nitrogens with zero attached hydrogens (tertiary/aromatic N) is 1. The van der Waals surface area contributed by atoms with Crippen LogP contribution in [0.1, 0.15) is 32.6 Å². The Hall–Kier alpha value is -0.160. The summed E-state index contributed by atoms with van der Waals surface area (Å²) in [6.45, 7) is 5.97. The highest BCUT2D eigenvalue weighted by Gasteiger charge is 2.34. The lowest BCUT2D eigenvalue weighted by molar-refractivity contribution is -0.0375. The summed E-state index contributed by atoms with van der Waals surface area (Å²) in [5, 5.41) is 0.